The van der Waals surface area contributed by atoms with Gasteiger partial charge >= 0.3 is 15.5 Å². The molecule has 11 heteroatoms. The van der Waals surface area contributed by atoms with Gasteiger partial charge in [0, 0.05) is 49.5 Å². The zero-order valence-electron chi connectivity index (χ0n) is 17.4. The number of piperidine rings is 1. The highest BCUT2D eigenvalue weighted by molar-refractivity contribution is 7.90. The molecule has 2 fully saturated rings. The van der Waals surface area contributed by atoms with Crippen LogP contribution in [0.1, 0.15) is 42.5 Å². The number of amides is 1. The third-order valence-corrected chi connectivity index (χ3v) is 7.28. The van der Waals surface area contributed by atoms with Crippen molar-refractivity contribution < 1.29 is 26.4 Å². The molecular weight excluding hydrogens is 445 g/mol. The predicted molar refractivity (Wildman–Crippen MR) is 115 cm³/mol. The molecule has 0 radical (unpaired) electrons. The fourth-order valence-corrected chi connectivity index (χ4v) is 5.00. The average Bonchev–Trinajstić information content (AvgIpc) is 3.25. The number of hydrogen-bond acceptors (Lipinski definition) is 5. The molecule has 1 aromatic carbocycles. The quantitative estimate of drug-likeness (QED) is 0.725. The highest BCUT2D eigenvalue weighted by Crippen LogP contribution is 2.29. The Labute approximate surface area is 184 Å². The molecule has 1 N–H and O–H groups in total. The van der Waals surface area contributed by atoms with Crippen molar-refractivity contribution in [3.05, 3.63) is 36.0 Å². The average molecular weight is 471 g/mol. The first-order chi connectivity index (χ1) is 15.2. The lowest BCUT2D eigenvalue weighted by Gasteiger charge is -2.29. The summed E-state index contributed by atoms with van der Waals surface area (Å²) in [5, 5.41) is 0.682. The summed E-state index contributed by atoms with van der Waals surface area (Å²) in [6, 6.07) is 6.76. The van der Waals surface area contributed by atoms with Crippen LogP contribution >= 0.6 is 0 Å². The molecule has 0 aliphatic carbocycles. The third kappa shape index (κ3) is 4.54. The van der Waals surface area contributed by atoms with Gasteiger partial charge in [-0.25, -0.2) is 13.1 Å². The van der Waals surface area contributed by atoms with Gasteiger partial charge < -0.3 is 9.80 Å². The minimum atomic E-state index is -5.46. The van der Waals surface area contributed by atoms with Gasteiger partial charge in [-0.2, -0.15) is 13.2 Å². The van der Waals surface area contributed by atoms with Crippen molar-refractivity contribution in [2.75, 3.05) is 31.1 Å². The number of likely N-dealkylation sites (tertiary alicyclic amines) is 1. The van der Waals surface area contributed by atoms with E-state index in [1.54, 1.807) is 10.8 Å². The van der Waals surface area contributed by atoms with Crippen LogP contribution in [0.5, 0.6) is 0 Å². The summed E-state index contributed by atoms with van der Waals surface area (Å²) in [4.78, 5) is 21.4. The van der Waals surface area contributed by atoms with Crippen LogP contribution in [0, 0.1) is 0 Å². The predicted octanol–water partition coefficient (Wildman–Crippen LogP) is 3.27. The zero-order valence-corrected chi connectivity index (χ0v) is 18.3. The Morgan fingerprint density at radius 2 is 1.84 bits per heavy atom. The number of aromatic nitrogens is 1. The van der Waals surface area contributed by atoms with Crippen molar-refractivity contribution >= 4 is 32.5 Å². The van der Waals surface area contributed by atoms with Crippen LogP contribution in [0.15, 0.2) is 30.5 Å². The van der Waals surface area contributed by atoms with E-state index in [1.165, 1.54) is 17.5 Å². The summed E-state index contributed by atoms with van der Waals surface area (Å²) < 4.78 is 62.3. The largest absolute Gasteiger partial charge is 0.511 e. The molecule has 7 nitrogen and oxygen atoms in total. The number of benzene rings is 1. The van der Waals surface area contributed by atoms with E-state index >= 15 is 0 Å². The number of carbonyl (C=O) groups excluding carboxylic acids is 1. The van der Waals surface area contributed by atoms with Gasteiger partial charge in [0.15, 0.2) is 0 Å². The zero-order chi connectivity index (χ0) is 22.9. The molecule has 0 bridgehead atoms. The lowest BCUT2D eigenvalue weighted by atomic mass is 10.0. The van der Waals surface area contributed by atoms with E-state index < -0.39 is 28.1 Å². The number of fused-ring (bicyclic) bond motifs is 1. The Balaban J connectivity index is 1.58. The fraction of sp³-hybridized carbons (Fsp3) is 0.524. The molecule has 2 aliphatic heterocycles. The van der Waals surface area contributed by atoms with Crippen LogP contribution in [-0.4, -0.2) is 61.9 Å². The topological polar surface area (TPSA) is 82.6 Å². The van der Waals surface area contributed by atoms with Crippen LogP contribution in [0.3, 0.4) is 0 Å². The second kappa shape index (κ2) is 8.86. The first kappa shape index (κ1) is 22.8. The molecule has 32 heavy (non-hydrogen) atoms. The summed E-state index contributed by atoms with van der Waals surface area (Å²) in [5.74, 6) is -0.332. The number of carbonyl (C=O) groups is 1. The van der Waals surface area contributed by atoms with Gasteiger partial charge in [-0.15, -0.1) is 0 Å². The minimum Gasteiger partial charge on any atom is -0.372 e. The Bertz CT molecular complexity index is 1100. The molecule has 2 saturated heterocycles. The number of anilines is 1. The molecular formula is C21H25F3N4O3S. The SMILES string of the molecule is O=C(c1ccnc2ccc(N3CCCCC3)cc12)N1CCC[C@H]1CNS(=O)(=O)C(F)(F)F. The minimum absolute atomic E-state index is 0.332. The van der Waals surface area contributed by atoms with Crippen molar-refractivity contribution in [3.63, 3.8) is 0 Å². The second-order valence-electron chi connectivity index (χ2n) is 8.20. The smallest absolute Gasteiger partial charge is 0.372 e. The van der Waals surface area contributed by atoms with Crippen molar-refractivity contribution in [1.82, 2.24) is 14.6 Å². The monoisotopic (exact) mass is 470 g/mol. The van der Waals surface area contributed by atoms with Crippen molar-refractivity contribution in [2.24, 2.45) is 0 Å². The first-order valence-electron chi connectivity index (χ1n) is 10.7. The number of alkyl halides is 3. The summed E-state index contributed by atoms with van der Waals surface area (Å²) in [5.41, 5.74) is -3.30. The summed E-state index contributed by atoms with van der Waals surface area (Å²) in [7, 11) is -5.46. The lowest BCUT2D eigenvalue weighted by molar-refractivity contribution is -0.0448. The second-order valence-corrected chi connectivity index (χ2v) is 9.96. The number of halogens is 3. The number of nitrogens with one attached hydrogen (secondary N) is 1. The maximum Gasteiger partial charge on any atom is 0.511 e. The maximum absolute atomic E-state index is 13.4. The van der Waals surface area contributed by atoms with Gasteiger partial charge in [0.2, 0.25) is 0 Å². The van der Waals surface area contributed by atoms with E-state index in [4.69, 9.17) is 0 Å². The molecule has 0 spiro atoms. The van der Waals surface area contributed by atoms with Crippen molar-refractivity contribution in [3.8, 4) is 0 Å². The van der Waals surface area contributed by atoms with Gasteiger partial charge in [0.05, 0.1) is 11.1 Å². The normalized spacial score (nSPS) is 20.2. The molecule has 174 valence electrons. The van der Waals surface area contributed by atoms with E-state index in [9.17, 15) is 26.4 Å². The maximum atomic E-state index is 13.4. The van der Waals surface area contributed by atoms with E-state index in [0.29, 0.717) is 35.9 Å². The molecule has 4 rings (SSSR count). The standard InChI is InChI=1S/C21H25F3N4O3S/c22-21(23,24)32(30,31)26-14-16-5-4-12-28(16)20(29)17-8-9-25-19-7-6-15(13-18(17)19)27-10-2-1-3-11-27/h6-9,13,16,26H,1-5,10-12,14H2/t16-/m0/s1. The van der Waals surface area contributed by atoms with E-state index in [2.05, 4.69) is 9.88 Å². The molecule has 0 unspecified atom stereocenters. The molecule has 2 aromatic rings. The Morgan fingerprint density at radius 1 is 1.09 bits per heavy atom. The van der Waals surface area contributed by atoms with Crippen LogP contribution in [0.25, 0.3) is 10.9 Å². The molecule has 2 aliphatic rings. The number of nitrogens with zero attached hydrogens (tertiary/aromatic N) is 3. The number of sulfonamides is 1. The molecule has 1 aromatic heterocycles. The van der Waals surface area contributed by atoms with Gasteiger partial charge in [0.25, 0.3) is 5.91 Å². The van der Waals surface area contributed by atoms with Crippen LogP contribution in [0.4, 0.5) is 18.9 Å². The first-order valence-corrected chi connectivity index (χ1v) is 12.2. The van der Waals surface area contributed by atoms with Gasteiger partial charge in [-0.05, 0) is 56.4 Å². The van der Waals surface area contributed by atoms with Crippen LogP contribution < -0.4 is 9.62 Å². The van der Waals surface area contributed by atoms with Gasteiger partial charge in [-0.3, -0.25) is 9.78 Å². The molecule has 1 atom stereocenters. The third-order valence-electron chi connectivity index (χ3n) is 6.13. The number of hydrogen-bond donors (Lipinski definition) is 1. The summed E-state index contributed by atoms with van der Waals surface area (Å²) in [6.07, 6.45) is 5.97. The number of pyridine rings is 1. The summed E-state index contributed by atoms with van der Waals surface area (Å²) in [6.45, 7) is 1.77. The Hall–Kier alpha value is -2.40. The summed E-state index contributed by atoms with van der Waals surface area (Å²) >= 11 is 0. The lowest BCUT2D eigenvalue weighted by Crippen LogP contribution is -2.46. The van der Waals surface area contributed by atoms with E-state index in [-0.39, 0.29) is 5.91 Å². The molecule has 0 saturated carbocycles. The van der Waals surface area contributed by atoms with E-state index in [1.807, 2.05) is 18.2 Å². The molecule has 3 heterocycles. The number of rotatable bonds is 5. The van der Waals surface area contributed by atoms with Crippen molar-refractivity contribution in [1.29, 1.82) is 0 Å². The van der Waals surface area contributed by atoms with Crippen molar-refractivity contribution in [2.45, 2.75) is 43.7 Å². The van der Waals surface area contributed by atoms with Gasteiger partial charge in [0.1, 0.15) is 0 Å². The Kier molecular flexibility index (Phi) is 6.30. The highest BCUT2D eigenvalue weighted by Gasteiger charge is 2.46. The highest BCUT2D eigenvalue weighted by atomic mass is 32.2. The fourth-order valence-electron chi connectivity index (χ4n) is 4.43. The van der Waals surface area contributed by atoms with E-state index in [0.717, 1.165) is 31.6 Å². The van der Waals surface area contributed by atoms with Crippen LogP contribution in [0.2, 0.25) is 0 Å². The Morgan fingerprint density at radius 3 is 2.56 bits per heavy atom. The van der Waals surface area contributed by atoms with Crippen LogP contribution in [-0.2, 0) is 10.0 Å². The van der Waals surface area contributed by atoms with Gasteiger partial charge in [-0.1, -0.05) is 0 Å². The molecule has 1 amide bonds.